The fourth-order valence-electron chi connectivity index (χ4n) is 2.53. The van der Waals surface area contributed by atoms with Gasteiger partial charge in [0.2, 0.25) is 11.8 Å². The van der Waals surface area contributed by atoms with Crippen molar-refractivity contribution < 1.29 is 13.9 Å². The van der Waals surface area contributed by atoms with Crippen molar-refractivity contribution in [2.75, 3.05) is 7.11 Å². The van der Waals surface area contributed by atoms with Crippen molar-refractivity contribution in [2.24, 2.45) is 0 Å². The summed E-state index contributed by atoms with van der Waals surface area (Å²) in [5, 5.41) is 8.22. The van der Waals surface area contributed by atoms with E-state index in [9.17, 15) is 0 Å². The second kappa shape index (κ2) is 7.70. The number of nitrogens with zero attached hydrogens (tertiary/aromatic N) is 3. The zero-order chi connectivity index (χ0) is 18.5. The van der Waals surface area contributed by atoms with Crippen molar-refractivity contribution in [3.63, 3.8) is 0 Å². The van der Waals surface area contributed by atoms with Gasteiger partial charge in [0, 0.05) is 23.5 Å². The van der Waals surface area contributed by atoms with Crippen LogP contribution in [0.4, 0.5) is 0 Å². The fraction of sp³-hybridized carbons (Fsp3) is 0.0952. The predicted octanol–water partition coefficient (Wildman–Crippen LogP) is 4.39. The summed E-state index contributed by atoms with van der Waals surface area (Å²) in [6, 6.07) is 19.0. The molecule has 0 saturated carbocycles. The summed E-state index contributed by atoms with van der Waals surface area (Å²) in [6.07, 6.45) is 3.38. The lowest BCUT2D eigenvalue weighted by Crippen LogP contribution is -1.95. The summed E-state index contributed by atoms with van der Waals surface area (Å²) in [5.41, 5.74) is 2.74. The summed E-state index contributed by atoms with van der Waals surface area (Å²) >= 11 is 0. The minimum atomic E-state index is 0.471. The van der Waals surface area contributed by atoms with Crippen molar-refractivity contribution >= 4 is 0 Å². The molecule has 4 rings (SSSR count). The van der Waals surface area contributed by atoms with Gasteiger partial charge < -0.3 is 13.9 Å². The highest BCUT2D eigenvalue weighted by Gasteiger charge is 2.10. The maximum Gasteiger partial charge on any atom is 0.248 e. The number of pyridine rings is 1. The maximum absolute atomic E-state index is 5.79. The molecule has 0 unspecified atom stereocenters. The molecular weight excluding hydrogens is 342 g/mol. The van der Waals surface area contributed by atoms with E-state index in [0.29, 0.717) is 18.4 Å². The Bertz CT molecular complexity index is 997. The first kappa shape index (κ1) is 16.8. The summed E-state index contributed by atoms with van der Waals surface area (Å²) in [4.78, 5) is 3.99. The third kappa shape index (κ3) is 3.95. The van der Waals surface area contributed by atoms with E-state index in [-0.39, 0.29) is 0 Å². The van der Waals surface area contributed by atoms with Gasteiger partial charge >= 0.3 is 0 Å². The molecule has 0 aliphatic carbocycles. The predicted molar refractivity (Wildman–Crippen MR) is 100 cm³/mol. The van der Waals surface area contributed by atoms with Gasteiger partial charge in [0.25, 0.3) is 0 Å². The van der Waals surface area contributed by atoms with Gasteiger partial charge in [0.05, 0.1) is 7.11 Å². The Hall–Kier alpha value is -3.67. The van der Waals surface area contributed by atoms with Crippen molar-refractivity contribution in [3.8, 4) is 34.4 Å². The molecule has 0 atom stereocenters. The molecule has 6 nitrogen and oxygen atoms in total. The molecule has 4 aromatic rings. The number of aromatic nitrogens is 3. The zero-order valence-electron chi connectivity index (χ0n) is 14.7. The van der Waals surface area contributed by atoms with E-state index in [0.717, 1.165) is 28.2 Å². The second-order valence-corrected chi connectivity index (χ2v) is 5.81. The van der Waals surface area contributed by atoms with Crippen LogP contribution >= 0.6 is 0 Å². The van der Waals surface area contributed by atoms with Gasteiger partial charge in [-0.05, 0) is 54.1 Å². The Morgan fingerprint density at radius 3 is 1.96 bits per heavy atom. The maximum atomic E-state index is 5.79. The lowest BCUT2D eigenvalue weighted by Gasteiger charge is -2.07. The number of hydrogen-bond donors (Lipinski definition) is 0. The van der Waals surface area contributed by atoms with Crippen molar-refractivity contribution in [3.05, 3.63) is 78.6 Å². The molecule has 0 fully saturated rings. The molecule has 6 heteroatoms. The number of rotatable bonds is 6. The van der Waals surface area contributed by atoms with Crippen molar-refractivity contribution in [1.29, 1.82) is 0 Å². The third-order valence-electron chi connectivity index (χ3n) is 4.02. The Labute approximate surface area is 156 Å². The van der Waals surface area contributed by atoms with E-state index >= 15 is 0 Å². The molecule has 0 aliphatic rings. The van der Waals surface area contributed by atoms with Gasteiger partial charge in [-0.2, -0.15) is 0 Å². The van der Waals surface area contributed by atoms with E-state index in [1.54, 1.807) is 19.5 Å². The monoisotopic (exact) mass is 359 g/mol. The number of ether oxygens (including phenoxy) is 2. The standard InChI is InChI=1S/C21H17N3O3/c1-25-18-6-8-19(9-7-18)26-14-15-2-4-16(5-3-15)20-23-24-21(27-20)17-10-12-22-13-11-17/h2-13H,14H2,1H3. The molecule has 0 amide bonds. The summed E-state index contributed by atoms with van der Waals surface area (Å²) in [6.45, 7) is 0.471. The van der Waals surface area contributed by atoms with Crippen LogP contribution < -0.4 is 9.47 Å². The smallest absolute Gasteiger partial charge is 0.248 e. The van der Waals surface area contributed by atoms with Gasteiger partial charge in [0.15, 0.2) is 0 Å². The molecule has 2 aromatic carbocycles. The van der Waals surface area contributed by atoms with Crippen LogP contribution in [0.5, 0.6) is 11.5 Å². The third-order valence-corrected chi connectivity index (χ3v) is 4.02. The van der Waals surface area contributed by atoms with E-state index < -0.39 is 0 Å². The lowest BCUT2D eigenvalue weighted by atomic mass is 10.1. The average molecular weight is 359 g/mol. The summed E-state index contributed by atoms with van der Waals surface area (Å²) < 4.78 is 16.7. The summed E-state index contributed by atoms with van der Waals surface area (Å²) in [7, 11) is 1.64. The van der Waals surface area contributed by atoms with E-state index in [1.165, 1.54) is 0 Å². The van der Waals surface area contributed by atoms with Crippen LogP contribution in [0.15, 0.2) is 77.5 Å². The van der Waals surface area contributed by atoms with Gasteiger partial charge in [0.1, 0.15) is 18.1 Å². The highest BCUT2D eigenvalue weighted by atomic mass is 16.5. The zero-order valence-corrected chi connectivity index (χ0v) is 14.7. The minimum absolute atomic E-state index is 0.471. The van der Waals surface area contributed by atoms with Crippen molar-refractivity contribution in [1.82, 2.24) is 15.2 Å². The lowest BCUT2D eigenvalue weighted by molar-refractivity contribution is 0.305. The molecule has 0 radical (unpaired) electrons. The van der Waals surface area contributed by atoms with Gasteiger partial charge in [-0.15, -0.1) is 10.2 Å². The largest absolute Gasteiger partial charge is 0.497 e. The molecule has 0 spiro atoms. The second-order valence-electron chi connectivity index (χ2n) is 5.81. The highest BCUT2D eigenvalue weighted by Crippen LogP contribution is 2.24. The summed E-state index contributed by atoms with van der Waals surface area (Å²) in [5.74, 6) is 2.54. The molecule has 0 bridgehead atoms. The molecule has 27 heavy (non-hydrogen) atoms. The molecule has 0 aliphatic heterocycles. The molecule has 0 N–H and O–H groups in total. The Morgan fingerprint density at radius 1 is 0.741 bits per heavy atom. The van der Waals surface area contributed by atoms with E-state index in [2.05, 4.69) is 15.2 Å². The van der Waals surface area contributed by atoms with Gasteiger partial charge in [-0.3, -0.25) is 4.98 Å². The normalized spacial score (nSPS) is 10.6. The first-order valence-corrected chi connectivity index (χ1v) is 8.42. The van der Waals surface area contributed by atoms with Gasteiger partial charge in [-0.1, -0.05) is 12.1 Å². The van der Waals surface area contributed by atoms with Crippen LogP contribution in [0.3, 0.4) is 0 Å². The molecule has 2 heterocycles. The van der Waals surface area contributed by atoms with Crippen LogP contribution in [-0.2, 0) is 6.61 Å². The fourth-order valence-corrected chi connectivity index (χ4v) is 2.53. The molecule has 134 valence electrons. The van der Waals surface area contributed by atoms with E-state index in [1.807, 2.05) is 60.7 Å². The quantitative estimate of drug-likeness (QED) is 0.509. The molecule has 0 saturated heterocycles. The first-order chi connectivity index (χ1) is 13.3. The number of methoxy groups -OCH3 is 1. The number of hydrogen-bond acceptors (Lipinski definition) is 6. The van der Waals surface area contributed by atoms with Crippen LogP contribution in [0.1, 0.15) is 5.56 Å². The molecule has 2 aromatic heterocycles. The van der Waals surface area contributed by atoms with Crippen LogP contribution in [0, 0.1) is 0 Å². The SMILES string of the molecule is COc1ccc(OCc2ccc(-c3nnc(-c4ccncc4)o3)cc2)cc1. The minimum Gasteiger partial charge on any atom is -0.497 e. The Morgan fingerprint density at radius 2 is 1.33 bits per heavy atom. The van der Waals surface area contributed by atoms with E-state index in [4.69, 9.17) is 13.9 Å². The van der Waals surface area contributed by atoms with Crippen molar-refractivity contribution in [2.45, 2.75) is 6.61 Å². The molecular formula is C21H17N3O3. The van der Waals surface area contributed by atoms with Crippen LogP contribution in [-0.4, -0.2) is 22.3 Å². The average Bonchev–Trinajstić information content (AvgIpc) is 3.24. The Kier molecular flexibility index (Phi) is 4.78. The highest BCUT2D eigenvalue weighted by molar-refractivity contribution is 5.57. The first-order valence-electron chi connectivity index (χ1n) is 8.42. The van der Waals surface area contributed by atoms with Crippen LogP contribution in [0.25, 0.3) is 22.9 Å². The number of benzene rings is 2. The Balaban J connectivity index is 1.42. The van der Waals surface area contributed by atoms with Gasteiger partial charge in [-0.25, -0.2) is 0 Å². The van der Waals surface area contributed by atoms with Crippen LogP contribution in [0.2, 0.25) is 0 Å². The topological polar surface area (TPSA) is 70.3 Å².